The fourth-order valence-corrected chi connectivity index (χ4v) is 3.07. The minimum absolute atomic E-state index is 0.113. The first-order chi connectivity index (χ1) is 13.3. The molecule has 0 atom stereocenters. The Labute approximate surface area is 159 Å². The van der Waals surface area contributed by atoms with Crippen molar-refractivity contribution in [3.05, 3.63) is 46.9 Å². The Morgan fingerprint density at radius 2 is 2.04 bits per heavy atom. The van der Waals surface area contributed by atoms with Gasteiger partial charge in [0.25, 0.3) is 17.5 Å². The van der Waals surface area contributed by atoms with Gasteiger partial charge in [0.05, 0.1) is 22.2 Å². The van der Waals surface area contributed by atoms with Crippen molar-refractivity contribution in [3.63, 3.8) is 0 Å². The zero-order valence-corrected chi connectivity index (χ0v) is 15.5. The molecule has 4 rings (SSSR count). The number of carbonyl (C=O) groups is 2. The maximum absolute atomic E-state index is 13.0. The van der Waals surface area contributed by atoms with Crippen LogP contribution < -0.4 is 11.1 Å². The van der Waals surface area contributed by atoms with Crippen molar-refractivity contribution in [2.75, 3.05) is 5.32 Å². The molecule has 0 saturated carbocycles. The van der Waals surface area contributed by atoms with E-state index >= 15 is 0 Å². The highest BCUT2D eigenvalue weighted by atomic mass is 16.5. The molecule has 3 aromatic heterocycles. The molecule has 0 saturated heterocycles. The molecule has 4 N–H and O–H groups in total. The number of nitrogens with zero attached hydrogens (tertiary/aromatic N) is 3. The first-order valence-corrected chi connectivity index (χ1v) is 8.71. The molecule has 0 aliphatic carbocycles. The number of aromatic nitrogens is 4. The molecule has 9 heteroatoms. The average Bonchev–Trinajstić information content (AvgIpc) is 3.24. The van der Waals surface area contributed by atoms with Gasteiger partial charge in [-0.15, -0.1) is 0 Å². The Hall–Kier alpha value is -3.75. The van der Waals surface area contributed by atoms with Crippen LogP contribution in [0.5, 0.6) is 0 Å². The third-order valence-electron chi connectivity index (χ3n) is 4.53. The lowest BCUT2D eigenvalue weighted by atomic mass is 10.0. The number of aryl methyl sites for hydroxylation is 1. The van der Waals surface area contributed by atoms with Crippen molar-refractivity contribution in [1.29, 1.82) is 0 Å². The lowest BCUT2D eigenvalue weighted by Gasteiger charge is -2.10. The van der Waals surface area contributed by atoms with Crippen molar-refractivity contribution in [2.24, 2.45) is 5.73 Å². The number of carbonyl (C=O) groups excluding carboxylic acids is 2. The van der Waals surface area contributed by atoms with Gasteiger partial charge < -0.3 is 15.6 Å². The van der Waals surface area contributed by atoms with Crippen LogP contribution in [0.1, 0.15) is 52.0 Å². The summed E-state index contributed by atoms with van der Waals surface area (Å²) in [6.07, 6.45) is 0. The average molecular weight is 378 g/mol. The van der Waals surface area contributed by atoms with Gasteiger partial charge in [0, 0.05) is 16.8 Å². The highest BCUT2D eigenvalue weighted by molar-refractivity contribution is 6.13. The summed E-state index contributed by atoms with van der Waals surface area (Å²) in [6.45, 7) is 5.73. The Kier molecular flexibility index (Phi) is 4.07. The number of nitrogens with two attached hydrogens (primary N) is 1. The van der Waals surface area contributed by atoms with Crippen molar-refractivity contribution < 1.29 is 14.1 Å². The first kappa shape index (κ1) is 17.7. The van der Waals surface area contributed by atoms with Gasteiger partial charge in [-0.3, -0.25) is 14.7 Å². The summed E-state index contributed by atoms with van der Waals surface area (Å²) < 4.78 is 5.26. The Balaban J connectivity index is 1.76. The predicted octanol–water partition coefficient (Wildman–Crippen LogP) is 2.88. The molecule has 2 amide bonds. The molecule has 0 unspecified atom stereocenters. The number of rotatable bonds is 4. The number of hydrogen-bond donors (Lipinski definition) is 3. The molecule has 0 radical (unpaired) electrons. The number of amides is 2. The first-order valence-electron chi connectivity index (χ1n) is 8.71. The standard InChI is InChI=1S/C19H18N6O3/c1-8(2)14-7-12(15-9(3)25-28-19(15)22-14)18(27)21-10-4-5-13-11(6-10)16(17(20)26)24-23-13/h4-8H,1-3H3,(H2,20,26)(H,21,27)(H,23,24). The molecule has 0 spiro atoms. The van der Waals surface area contributed by atoms with Gasteiger partial charge in [0.2, 0.25) is 0 Å². The molecule has 142 valence electrons. The van der Waals surface area contributed by atoms with Crippen LogP contribution in [0.4, 0.5) is 5.69 Å². The van der Waals surface area contributed by atoms with Gasteiger partial charge in [0.15, 0.2) is 5.69 Å². The molecule has 0 bridgehead atoms. The van der Waals surface area contributed by atoms with E-state index in [1.54, 1.807) is 31.2 Å². The molecule has 3 heterocycles. The van der Waals surface area contributed by atoms with Gasteiger partial charge >= 0.3 is 0 Å². The highest BCUT2D eigenvalue weighted by Gasteiger charge is 2.20. The van der Waals surface area contributed by atoms with E-state index in [1.807, 2.05) is 13.8 Å². The molecule has 0 fully saturated rings. The van der Waals surface area contributed by atoms with E-state index in [-0.39, 0.29) is 17.5 Å². The number of aromatic amines is 1. The minimum atomic E-state index is -0.646. The van der Waals surface area contributed by atoms with Crippen molar-refractivity contribution in [2.45, 2.75) is 26.7 Å². The van der Waals surface area contributed by atoms with Crippen LogP contribution in [-0.2, 0) is 0 Å². The third kappa shape index (κ3) is 2.86. The van der Waals surface area contributed by atoms with Crippen molar-refractivity contribution in [3.8, 4) is 0 Å². The molecule has 4 aromatic rings. The van der Waals surface area contributed by atoms with Crippen molar-refractivity contribution >= 4 is 39.5 Å². The fourth-order valence-electron chi connectivity index (χ4n) is 3.07. The van der Waals surface area contributed by atoms with Gasteiger partial charge in [-0.2, -0.15) is 5.10 Å². The molecule has 0 aliphatic heterocycles. The monoisotopic (exact) mass is 378 g/mol. The largest absolute Gasteiger partial charge is 0.364 e. The van der Waals surface area contributed by atoms with E-state index in [0.717, 1.165) is 5.69 Å². The van der Waals surface area contributed by atoms with Gasteiger partial charge in [0.1, 0.15) is 0 Å². The smallest absolute Gasteiger partial charge is 0.269 e. The van der Waals surface area contributed by atoms with Gasteiger partial charge in [-0.25, -0.2) is 4.98 Å². The van der Waals surface area contributed by atoms with Crippen LogP contribution in [0.15, 0.2) is 28.8 Å². The van der Waals surface area contributed by atoms with Gasteiger partial charge in [-0.05, 0) is 37.1 Å². The van der Waals surface area contributed by atoms with Crippen LogP contribution in [-0.4, -0.2) is 32.2 Å². The highest BCUT2D eigenvalue weighted by Crippen LogP contribution is 2.27. The summed E-state index contributed by atoms with van der Waals surface area (Å²) in [6, 6.07) is 6.83. The number of benzene rings is 1. The number of pyridine rings is 1. The maximum atomic E-state index is 13.0. The summed E-state index contributed by atoms with van der Waals surface area (Å²) in [7, 11) is 0. The molecular formula is C19H18N6O3. The van der Waals surface area contributed by atoms with E-state index < -0.39 is 5.91 Å². The number of H-pyrrole nitrogens is 1. The van der Waals surface area contributed by atoms with Gasteiger partial charge in [-0.1, -0.05) is 19.0 Å². The normalized spacial score (nSPS) is 11.4. The van der Waals surface area contributed by atoms with E-state index in [2.05, 4.69) is 25.7 Å². The van der Waals surface area contributed by atoms with Crippen LogP contribution >= 0.6 is 0 Å². The molecule has 1 aromatic carbocycles. The lowest BCUT2D eigenvalue weighted by molar-refractivity contribution is 0.0995. The zero-order chi connectivity index (χ0) is 20.0. The van der Waals surface area contributed by atoms with Crippen LogP contribution in [0.3, 0.4) is 0 Å². The third-order valence-corrected chi connectivity index (χ3v) is 4.53. The second kappa shape index (κ2) is 6.45. The Morgan fingerprint density at radius 3 is 2.75 bits per heavy atom. The van der Waals surface area contributed by atoms with Crippen LogP contribution in [0.25, 0.3) is 22.0 Å². The number of hydrogen-bond acceptors (Lipinski definition) is 6. The second-order valence-electron chi connectivity index (χ2n) is 6.85. The summed E-state index contributed by atoms with van der Waals surface area (Å²) >= 11 is 0. The fraction of sp³-hybridized carbons (Fsp3) is 0.211. The summed E-state index contributed by atoms with van der Waals surface area (Å²) in [4.78, 5) is 29.0. The lowest BCUT2D eigenvalue weighted by Crippen LogP contribution is -2.14. The summed E-state index contributed by atoms with van der Waals surface area (Å²) in [5, 5.41) is 14.5. The molecule has 28 heavy (non-hydrogen) atoms. The predicted molar refractivity (Wildman–Crippen MR) is 103 cm³/mol. The number of fused-ring (bicyclic) bond motifs is 2. The van der Waals surface area contributed by atoms with E-state index in [1.165, 1.54) is 0 Å². The summed E-state index contributed by atoms with van der Waals surface area (Å²) in [5.74, 6) is -0.863. The van der Waals surface area contributed by atoms with E-state index in [9.17, 15) is 9.59 Å². The Bertz CT molecular complexity index is 1240. The minimum Gasteiger partial charge on any atom is -0.364 e. The number of primary amides is 1. The van der Waals surface area contributed by atoms with E-state index in [0.29, 0.717) is 38.9 Å². The van der Waals surface area contributed by atoms with Crippen LogP contribution in [0.2, 0.25) is 0 Å². The SMILES string of the molecule is Cc1noc2nc(C(C)C)cc(C(=O)Nc3ccc4[nH]nc(C(N)=O)c4c3)c12. The number of nitrogens with one attached hydrogen (secondary N) is 2. The molecular weight excluding hydrogens is 360 g/mol. The maximum Gasteiger partial charge on any atom is 0.269 e. The quantitative estimate of drug-likeness (QED) is 0.499. The molecule has 0 aliphatic rings. The van der Waals surface area contributed by atoms with E-state index in [4.69, 9.17) is 10.3 Å². The van der Waals surface area contributed by atoms with Crippen molar-refractivity contribution in [1.82, 2.24) is 20.3 Å². The topological polar surface area (TPSA) is 140 Å². The number of anilines is 1. The van der Waals surface area contributed by atoms with Crippen LogP contribution in [0, 0.1) is 6.92 Å². The second-order valence-corrected chi connectivity index (χ2v) is 6.85. The Morgan fingerprint density at radius 1 is 1.25 bits per heavy atom. The zero-order valence-electron chi connectivity index (χ0n) is 15.5. The molecule has 9 nitrogen and oxygen atoms in total. The summed E-state index contributed by atoms with van der Waals surface area (Å²) in [5.41, 5.74) is 8.69.